The lowest BCUT2D eigenvalue weighted by Crippen LogP contribution is -2.44. The van der Waals surface area contributed by atoms with Crippen LogP contribution in [0, 0.1) is 0 Å². The largest absolute Gasteiger partial charge is 0.464 e. The molecule has 0 N–H and O–H groups in total. The molecule has 0 radical (unpaired) electrons. The number of rotatable bonds is 3. The monoisotopic (exact) mass is 292 g/mol. The van der Waals surface area contributed by atoms with Crippen LogP contribution in [0.15, 0.2) is 12.4 Å². The van der Waals surface area contributed by atoms with E-state index in [2.05, 4.69) is 24.5 Å². The van der Waals surface area contributed by atoms with Gasteiger partial charge in [0, 0.05) is 32.2 Å². The smallest absolute Gasteiger partial charge is 0.358 e. The van der Waals surface area contributed by atoms with Crippen molar-refractivity contribution in [2.75, 3.05) is 51.4 Å². The van der Waals surface area contributed by atoms with E-state index in [4.69, 9.17) is 4.74 Å². The van der Waals surface area contributed by atoms with Crippen molar-refractivity contribution in [1.29, 1.82) is 0 Å². The molecule has 0 aliphatic carbocycles. The van der Waals surface area contributed by atoms with Gasteiger partial charge >= 0.3 is 5.97 Å². The number of nitrogens with zero attached hydrogens (tertiary/aromatic N) is 4. The zero-order chi connectivity index (χ0) is 14.7. The van der Waals surface area contributed by atoms with Gasteiger partial charge in [0.2, 0.25) is 0 Å². The minimum atomic E-state index is -0.457. The molecule has 3 rings (SSSR count). The molecule has 2 aliphatic rings. The molecule has 0 amide bonds. The SMILES string of the molecule is COC(=O)c1cnc(N2CCC(N3CCOCC3)C2)cn1. The second-order valence-electron chi connectivity index (χ2n) is 5.29. The van der Waals surface area contributed by atoms with Crippen LogP contribution in [0.1, 0.15) is 16.9 Å². The number of hydrogen-bond donors (Lipinski definition) is 0. The number of methoxy groups -OCH3 is 1. The molecule has 7 heteroatoms. The standard InChI is InChI=1S/C14H20N4O3/c1-20-14(19)12-8-16-13(9-15-12)18-3-2-11(10-18)17-4-6-21-7-5-17/h8-9,11H,2-7,10H2,1H3. The van der Waals surface area contributed by atoms with E-state index < -0.39 is 5.97 Å². The highest BCUT2D eigenvalue weighted by molar-refractivity contribution is 5.86. The zero-order valence-corrected chi connectivity index (χ0v) is 12.2. The van der Waals surface area contributed by atoms with Gasteiger partial charge in [0.1, 0.15) is 5.82 Å². The van der Waals surface area contributed by atoms with E-state index in [1.54, 1.807) is 6.20 Å². The van der Waals surface area contributed by atoms with E-state index in [-0.39, 0.29) is 5.69 Å². The van der Waals surface area contributed by atoms with Gasteiger partial charge in [-0.15, -0.1) is 0 Å². The predicted octanol–water partition coefficient (Wildman–Crippen LogP) is 0.174. The first-order chi connectivity index (χ1) is 10.3. The van der Waals surface area contributed by atoms with E-state index in [0.717, 1.165) is 51.6 Å². The first-order valence-corrected chi connectivity index (χ1v) is 7.25. The Labute approximate surface area is 123 Å². The predicted molar refractivity (Wildman–Crippen MR) is 76.4 cm³/mol. The third kappa shape index (κ3) is 3.14. The molecule has 1 aromatic rings. The topological polar surface area (TPSA) is 67.8 Å². The van der Waals surface area contributed by atoms with Gasteiger partial charge in [0.15, 0.2) is 5.69 Å². The molecule has 114 valence electrons. The van der Waals surface area contributed by atoms with Gasteiger partial charge in [0.05, 0.1) is 32.7 Å². The minimum Gasteiger partial charge on any atom is -0.464 e. The Morgan fingerprint density at radius 2 is 2.10 bits per heavy atom. The molecular formula is C14H20N4O3. The lowest BCUT2D eigenvalue weighted by molar-refractivity contribution is 0.0209. The van der Waals surface area contributed by atoms with Crippen molar-refractivity contribution in [3.63, 3.8) is 0 Å². The lowest BCUT2D eigenvalue weighted by Gasteiger charge is -2.32. The summed E-state index contributed by atoms with van der Waals surface area (Å²) in [7, 11) is 1.34. The summed E-state index contributed by atoms with van der Waals surface area (Å²) in [5.74, 6) is 0.361. The Morgan fingerprint density at radius 3 is 2.76 bits per heavy atom. The Morgan fingerprint density at radius 1 is 1.29 bits per heavy atom. The van der Waals surface area contributed by atoms with Crippen LogP contribution in [0.4, 0.5) is 5.82 Å². The van der Waals surface area contributed by atoms with Crippen molar-refractivity contribution in [3.8, 4) is 0 Å². The van der Waals surface area contributed by atoms with Crippen LogP contribution >= 0.6 is 0 Å². The van der Waals surface area contributed by atoms with Crippen LogP contribution in [0.25, 0.3) is 0 Å². The third-order valence-electron chi connectivity index (χ3n) is 4.08. The molecule has 0 saturated carbocycles. The Hall–Kier alpha value is -1.73. The van der Waals surface area contributed by atoms with Gasteiger partial charge < -0.3 is 14.4 Å². The fraction of sp³-hybridized carbons (Fsp3) is 0.643. The fourth-order valence-electron chi connectivity index (χ4n) is 2.89. The number of esters is 1. The molecule has 2 fully saturated rings. The van der Waals surface area contributed by atoms with Crippen molar-refractivity contribution >= 4 is 11.8 Å². The van der Waals surface area contributed by atoms with Crippen molar-refractivity contribution < 1.29 is 14.3 Å². The van der Waals surface area contributed by atoms with Crippen molar-refractivity contribution in [2.24, 2.45) is 0 Å². The summed E-state index contributed by atoms with van der Waals surface area (Å²) in [5.41, 5.74) is 0.241. The van der Waals surface area contributed by atoms with E-state index in [9.17, 15) is 4.79 Å². The fourth-order valence-corrected chi connectivity index (χ4v) is 2.89. The summed E-state index contributed by atoms with van der Waals surface area (Å²) in [4.78, 5) is 24.5. The number of morpholine rings is 1. The summed E-state index contributed by atoms with van der Waals surface area (Å²) in [6.45, 7) is 5.58. The second-order valence-corrected chi connectivity index (χ2v) is 5.29. The van der Waals surface area contributed by atoms with Crippen LogP contribution in [0.5, 0.6) is 0 Å². The zero-order valence-electron chi connectivity index (χ0n) is 12.2. The molecule has 0 aromatic carbocycles. The second kappa shape index (κ2) is 6.36. The molecule has 21 heavy (non-hydrogen) atoms. The van der Waals surface area contributed by atoms with Crippen LogP contribution in [0.2, 0.25) is 0 Å². The maximum atomic E-state index is 11.3. The van der Waals surface area contributed by atoms with Crippen LogP contribution in [0.3, 0.4) is 0 Å². The summed E-state index contributed by atoms with van der Waals surface area (Å²) < 4.78 is 10.0. The van der Waals surface area contributed by atoms with Gasteiger partial charge in [-0.25, -0.2) is 14.8 Å². The molecule has 1 atom stereocenters. The number of carbonyl (C=O) groups excluding carboxylic acids is 1. The van der Waals surface area contributed by atoms with Crippen LogP contribution in [-0.4, -0.2) is 73.4 Å². The summed E-state index contributed by atoms with van der Waals surface area (Å²) in [6.07, 6.45) is 4.25. The summed E-state index contributed by atoms with van der Waals surface area (Å²) in [6, 6.07) is 0.552. The lowest BCUT2D eigenvalue weighted by atomic mass is 10.2. The molecule has 1 aromatic heterocycles. The Balaban J connectivity index is 1.61. The number of aromatic nitrogens is 2. The van der Waals surface area contributed by atoms with Crippen molar-refractivity contribution in [1.82, 2.24) is 14.9 Å². The van der Waals surface area contributed by atoms with E-state index in [1.807, 2.05) is 0 Å². The van der Waals surface area contributed by atoms with Gasteiger partial charge in [-0.1, -0.05) is 0 Å². The molecule has 2 aliphatic heterocycles. The van der Waals surface area contributed by atoms with Crippen LogP contribution in [-0.2, 0) is 9.47 Å². The van der Waals surface area contributed by atoms with Gasteiger partial charge in [-0.05, 0) is 6.42 Å². The maximum absolute atomic E-state index is 11.3. The maximum Gasteiger partial charge on any atom is 0.358 e. The molecule has 3 heterocycles. The minimum absolute atomic E-state index is 0.241. The first-order valence-electron chi connectivity index (χ1n) is 7.25. The number of hydrogen-bond acceptors (Lipinski definition) is 7. The van der Waals surface area contributed by atoms with Gasteiger partial charge in [-0.2, -0.15) is 0 Å². The number of carbonyl (C=O) groups is 1. The molecule has 2 saturated heterocycles. The quantitative estimate of drug-likeness (QED) is 0.736. The molecule has 0 spiro atoms. The average Bonchev–Trinajstić information content (AvgIpc) is 3.05. The Kier molecular flexibility index (Phi) is 4.31. The van der Waals surface area contributed by atoms with Crippen LogP contribution < -0.4 is 4.90 Å². The molecule has 7 nitrogen and oxygen atoms in total. The van der Waals surface area contributed by atoms with Gasteiger partial charge in [0.25, 0.3) is 0 Å². The highest BCUT2D eigenvalue weighted by atomic mass is 16.5. The van der Waals surface area contributed by atoms with Crippen molar-refractivity contribution in [2.45, 2.75) is 12.5 Å². The van der Waals surface area contributed by atoms with E-state index in [1.165, 1.54) is 13.3 Å². The molecular weight excluding hydrogens is 272 g/mol. The molecule has 0 bridgehead atoms. The summed E-state index contributed by atoms with van der Waals surface area (Å²) >= 11 is 0. The highest BCUT2D eigenvalue weighted by Crippen LogP contribution is 2.21. The third-order valence-corrected chi connectivity index (χ3v) is 4.08. The highest BCUT2D eigenvalue weighted by Gasteiger charge is 2.29. The van der Waals surface area contributed by atoms with E-state index >= 15 is 0 Å². The van der Waals surface area contributed by atoms with Gasteiger partial charge in [-0.3, -0.25) is 4.90 Å². The van der Waals surface area contributed by atoms with Crippen molar-refractivity contribution in [3.05, 3.63) is 18.1 Å². The summed E-state index contributed by atoms with van der Waals surface area (Å²) in [5, 5.41) is 0. The van der Waals surface area contributed by atoms with E-state index in [0.29, 0.717) is 6.04 Å². The normalized spacial score (nSPS) is 23.3. The molecule has 1 unspecified atom stereocenters. The number of ether oxygens (including phenoxy) is 2. The number of anilines is 1. The first kappa shape index (κ1) is 14.2. The average molecular weight is 292 g/mol. The Bertz CT molecular complexity index is 487.